The highest BCUT2D eigenvalue weighted by molar-refractivity contribution is 5.85. The van der Waals surface area contributed by atoms with Gasteiger partial charge in [-0.05, 0) is 16.9 Å². The summed E-state index contributed by atoms with van der Waals surface area (Å²) in [5.74, 6) is -4.78. The summed E-state index contributed by atoms with van der Waals surface area (Å²) in [7, 11) is 0. The van der Waals surface area contributed by atoms with Crippen LogP contribution < -0.4 is 5.32 Å². The average molecular weight is 291 g/mol. The zero-order valence-electron chi connectivity index (χ0n) is 13.3. The van der Waals surface area contributed by atoms with Gasteiger partial charge in [0.15, 0.2) is 0 Å². The second kappa shape index (κ2) is 7.16. The molecule has 1 N–H and O–H groups in total. The number of carbonyl (C=O) groups is 1. The molecular formula is C15H27F2NO2. The Morgan fingerprint density at radius 3 is 2.10 bits per heavy atom. The zero-order valence-corrected chi connectivity index (χ0v) is 13.3. The van der Waals surface area contributed by atoms with E-state index >= 15 is 0 Å². The normalized spacial score (nSPS) is 13.8. The van der Waals surface area contributed by atoms with Gasteiger partial charge in [0.05, 0.1) is 13.2 Å². The summed E-state index contributed by atoms with van der Waals surface area (Å²) in [6, 6.07) is 0. The van der Waals surface area contributed by atoms with Gasteiger partial charge in [0.25, 0.3) is 5.91 Å². The number of nitrogens with one attached hydrogen (secondary N) is 1. The van der Waals surface area contributed by atoms with E-state index in [1.807, 2.05) is 41.5 Å². The van der Waals surface area contributed by atoms with Gasteiger partial charge in [0.2, 0.25) is 0 Å². The summed E-state index contributed by atoms with van der Waals surface area (Å²) in [4.78, 5) is 11.4. The molecule has 20 heavy (non-hydrogen) atoms. The Balaban J connectivity index is 4.19. The van der Waals surface area contributed by atoms with E-state index in [4.69, 9.17) is 4.74 Å². The Bertz CT molecular complexity index is 339. The first-order valence-corrected chi connectivity index (χ1v) is 6.75. The number of rotatable bonds is 6. The molecule has 118 valence electrons. The third-order valence-electron chi connectivity index (χ3n) is 2.16. The van der Waals surface area contributed by atoms with Crippen molar-refractivity contribution in [2.75, 3.05) is 19.8 Å². The fourth-order valence-electron chi connectivity index (χ4n) is 1.17. The topological polar surface area (TPSA) is 38.3 Å². The van der Waals surface area contributed by atoms with E-state index in [0.29, 0.717) is 12.7 Å². The lowest BCUT2D eigenvalue weighted by Crippen LogP contribution is -2.42. The van der Waals surface area contributed by atoms with Crippen molar-refractivity contribution < 1.29 is 18.3 Å². The van der Waals surface area contributed by atoms with Gasteiger partial charge in [0, 0.05) is 6.54 Å². The summed E-state index contributed by atoms with van der Waals surface area (Å²) in [6.45, 7) is 12.3. The SMILES string of the molecule is CC(C)(C)CNC(=O)C(F)(F)C=CCOCC(C)(C)C. The number of hydrogen-bond acceptors (Lipinski definition) is 2. The Hall–Kier alpha value is -0.970. The van der Waals surface area contributed by atoms with E-state index in [0.717, 1.165) is 0 Å². The molecule has 0 saturated heterocycles. The summed E-state index contributed by atoms with van der Waals surface area (Å²) >= 11 is 0. The average Bonchev–Trinajstić information content (AvgIpc) is 2.22. The first-order chi connectivity index (χ1) is 8.83. The molecule has 5 heteroatoms. The molecule has 0 bridgehead atoms. The van der Waals surface area contributed by atoms with Gasteiger partial charge in [-0.2, -0.15) is 8.78 Å². The monoisotopic (exact) mass is 291 g/mol. The van der Waals surface area contributed by atoms with Crippen LogP contribution in [-0.4, -0.2) is 31.6 Å². The highest BCUT2D eigenvalue weighted by Gasteiger charge is 2.35. The van der Waals surface area contributed by atoms with Crippen molar-refractivity contribution in [1.82, 2.24) is 5.32 Å². The van der Waals surface area contributed by atoms with Gasteiger partial charge in [-0.15, -0.1) is 0 Å². The van der Waals surface area contributed by atoms with Crippen LogP contribution in [0.25, 0.3) is 0 Å². The van der Waals surface area contributed by atoms with Crippen LogP contribution in [0.15, 0.2) is 12.2 Å². The predicted octanol–water partition coefficient (Wildman–Crippen LogP) is 3.40. The zero-order chi connectivity index (χ0) is 16.0. The van der Waals surface area contributed by atoms with E-state index in [1.54, 1.807) is 0 Å². The molecule has 0 aliphatic heterocycles. The van der Waals surface area contributed by atoms with Crippen LogP contribution in [-0.2, 0) is 9.53 Å². The van der Waals surface area contributed by atoms with Crippen molar-refractivity contribution in [3.05, 3.63) is 12.2 Å². The number of amides is 1. The minimum atomic E-state index is -3.50. The lowest BCUT2D eigenvalue weighted by atomic mass is 9.97. The smallest absolute Gasteiger partial charge is 0.343 e. The maximum absolute atomic E-state index is 13.5. The summed E-state index contributed by atoms with van der Waals surface area (Å²) in [6.07, 6.45) is 1.77. The van der Waals surface area contributed by atoms with Crippen LogP contribution in [0.2, 0.25) is 0 Å². The number of alkyl halides is 2. The number of ether oxygens (including phenoxy) is 1. The molecular weight excluding hydrogens is 264 g/mol. The molecule has 1 amide bonds. The molecule has 0 rings (SSSR count). The van der Waals surface area contributed by atoms with Crippen molar-refractivity contribution in [3.8, 4) is 0 Å². The summed E-state index contributed by atoms with van der Waals surface area (Å²) in [5, 5.41) is 2.25. The van der Waals surface area contributed by atoms with Gasteiger partial charge < -0.3 is 10.1 Å². The number of halogens is 2. The molecule has 0 aromatic carbocycles. The molecule has 0 atom stereocenters. The first-order valence-electron chi connectivity index (χ1n) is 6.75. The van der Waals surface area contributed by atoms with E-state index in [-0.39, 0.29) is 24.0 Å². The predicted molar refractivity (Wildman–Crippen MR) is 76.8 cm³/mol. The third-order valence-corrected chi connectivity index (χ3v) is 2.16. The van der Waals surface area contributed by atoms with Crippen LogP contribution in [0.1, 0.15) is 41.5 Å². The maximum atomic E-state index is 13.5. The highest BCUT2D eigenvalue weighted by atomic mass is 19.3. The summed E-state index contributed by atoms with van der Waals surface area (Å²) < 4.78 is 32.2. The van der Waals surface area contributed by atoms with Crippen molar-refractivity contribution in [3.63, 3.8) is 0 Å². The van der Waals surface area contributed by atoms with Crippen molar-refractivity contribution in [2.45, 2.75) is 47.5 Å². The van der Waals surface area contributed by atoms with E-state index in [9.17, 15) is 13.6 Å². The quantitative estimate of drug-likeness (QED) is 0.601. The fourth-order valence-corrected chi connectivity index (χ4v) is 1.17. The fraction of sp³-hybridized carbons (Fsp3) is 0.800. The molecule has 0 fully saturated rings. The second-order valence-electron chi connectivity index (χ2n) is 7.34. The molecule has 0 heterocycles. The van der Waals surface area contributed by atoms with Gasteiger partial charge >= 0.3 is 5.92 Å². The van der Waals surface area contributed by atoms with Crippen molar-refractivity contribution in [2.24, 2.45) is 10.8 Å². The second-order valence-corrected chi connectivity index (χ2v) is 7.34. The van der Waals surface area contributed by atoms with Gasteiger partial charge in [0.1, 0.15) is 0 Å². The minimum Gasteiger partial charge on any atom is -0.377 e. The first kappa shape index (κ1) is 19.0. The lowest BCUT2D eigenvalue weighted by Gasteiger charge is -2.20. The van der Waals surface area contributed by atoms with Crippen LogP contribution in [0.4, 0.5) is 8.78 Å². The molecule has 3 nitrogen and oxygen atoms in total. The molecule has 0 spiro atoms. The summed E-state index contributed by atoms with van der Waals surface area (Å²) in [5.41, 5.74) is -0.244. The molecule has 0 aliphatic rings. The van der Waals surface area contributed by atoms with E-state index < -0.39 is 11.8 Å². The van der Waals surface area contributed by atoms with Crippen molar-refractivity contribution in [1.29, 1.82) is 0 Å². The molecule has 0 aliphatic carbocycles. The Morgan fingerprint density at radius 1 is 1.10 bits per heavy atom. The minimum absolute atomic E-state index is 0.0135. The molecule has 0 unspecified atom stereocenters. The lowest BCUT2D eigenvalue weighted by molar-refractivity contribution is -0.139. The molecule has 0 aromatic heterocycles. The van der Waals surface area contributed by atoms with E-state index in [1.165, 1.54) is 6.08 Å². The van der Waals surface area contributed by atoms with Crippen LogP contribution in [0.3, 0.4) is 0 Å². The highest BCUT2D eigenvalue weighted by Crippen LogP contribution is 2.17. The molecule has 0 radical (unpaired) electrons. The number of carbonyl (C=O) groups excluding carboxylic acids is 1. The molecule has 0 saturated carbocycles. The standard InChI is InChI=1S/C15H27F2NO2/c1-13(2,3)10-18-12(19)15(16,17)8-7-9-20-11-14(4,5)6/h7-8H,9-11H2,1-6H3,(H,18,19). The maximum Gasteiger partial charge on any atom is 0.343 e. The Morgan fingerprint density at radius 2 is 1.65 bits per heavy atom. The number of hydrogen-bond donors (Lipinski definition) is 1. The van der Waals surface area contributed by atoms with Gasteiger partial charge in [-0.1, -0.05) is 47.6 Å². The van der Waals surface area contributed by atoms with Crippen molar-refractivity contribution >= 4 is 5.91 Å². The Labute approximate surface area is 120 Å². The van der Waals surface area contributed by atoms with Gasteiger partial charge in [-0.3, -0.25) is 4.79 Å². The van der Waals surface area contributed by atoms with Crippen LogP contribution in [0, 0.1) is 10.8 Å². The largest absolute Gasteiger partial charge is 0.377 e. The Kier molecular flexibility index (Phi) is 6.81. The van der Waals surface area contributed by atoms with Crippen LogP contribution in [0.5, 0.6) is 0 Å². The van der Waals surface area contributed by atoms with Crippen LogP contribution >= 0.6 is 0 Å². The molecule has 0 aromatic rings. The third kappa shape index (κ3) is 9.89. The van der Waals surface area contributed by atoms with Gasteiger partial charge in [-0.25, -0.2) is 0 Å². The van der Waals surface area contributed by atoms with E-state index in [2.05, 4.69) is 5.32 Å².